The van der Waals surface area contributed by atoms with Gasteiger partial charge in [-0.3, -0.25) is 14.4 Å². The van der Waals surface area contributed by atoms with Crippen molar-refractivity contribution >= 4 is 58.2 Å². The summed E-state index contributed by atoms with van der Waals surface area (Å²) < 4.78 is 26.9. The molecule has 4 aliphatic rings. The minimum atomic E-state index is -1.38. The van der Waals surface area contributed by atoms with E-state index in [0.717, 1.165) is 30.7 Å². The van der Waals surface area contributed by atoms with Gasteiger partial charge in [-0.05, 0) is 44.0 Å². The van der Waals surface area contributed by atoms with E-state index in [2.05, 4.69) is 5.32 Å². The van der Waals surface area contributed by atoms with E-state index in [4.69, 9.17) is 9.47 Å². The average Bonchev–Trinajstić information content (AvgIpc) is 3.92. The normalized spacial score (nSPS) is 24.2. The number of halogens is 1. The first-order valence-corrected chi connectivity index (χ1v) is 17.2. The number of rotatable bonds is 10. The zero-order valence-corrected chi connectivity index (χ0v) is 28.1. The fourth-order valence-corrected chi connectivity index (χ4v) is 8.54. The molecule has 3 aliphatic heterocycles. The largest absolute Gasteiger partial charge is 0.484 e. The standard InChI is InChI=1S/C34H34FN5O10S/c1-34(28(32(46)47)40-29(43)26(30(40)51-34)36-25(41)16-49-19-5-3-2-4-6-19)17-50-33(48)38-11-9-37(10-12-38)24-14-23-20(13-22(24)35)27(42)21(31(44)45)15-39(23)18-7-8-18/h2-6,13-15,18,26,28,30H,7-12,16-17H2,1H3,(H,36,41)(H,44,45)(H,46,47)/t26-,28+,30-,34?/m1/s1. The number of piperazine rings is 1. The first kappa shape index (κ1) is 34.1. The molecule has 3 amide bonds. The van der Waals surface area contributed by atoms with E-state index in [0.29, 0.717) is 11.3 Å². The van der Waals surface area contributed by atoms with E-state index in [1.165, 1.54) is 16.0 Å². The van der Waals surface area contributed by atoms with Crippen molar-refractivity contribution in [1.29, 1.82) is 0 Å². The topological polar surface area (TPSA) is 188 Å². The van der Waals surface area contributed by atoms with Crippen LogP contribution >= 0.6 is 11.8 Å². The molecule has 4 fully saturated rings. The predicted octanol–water partition coefficient (Wildman–Crippen LogP) is 2.12. The van der Waals surface area contributed by atoms with Crippen LogP contribution in [0.2, 0.25) is 0 Å². The molecule has 1 unspecified atom stereocenters. The molecule has 7 rings (SSSR count). The number of carboxylic acid groups (broad SMARTS) is 2. The maximum absolute atomic E-state index is 15.4. The van der Waals surface area contributed by atoms with E-state index >= 15 is 4.39 Å². The molecule has 2 aromatic carbocycles. The number of anilines is 1. The van der Waals surface area contributed by atoms with Crippen molar-refractivity contribution in [3.8, 4) is 5.75 Å². The van der Waals surface area contributed by atoms with E-state index in [-0.39, 0.29) is 56.5 Å². The number of aliphatic carboxylic acids is 1. The number of thioether (sulfide) groups is 1. The van der Waals surface area contributed by atoms with Crippen LogP contribution in [0.25, 0.3) is 10.9 Å². The van der Waals surface area contributed by atoms with Crippen molar-refractivity contribution in [1.82, 2.24) is 19.7 Å². The van der Waals surface area contributed by atoms with Crippen molar-refractivity contribution in [3.05, 3.63) is 70.3 Å². The summed E-state index contributed by atoms with van der Waals surface area (Å²) in [4.78, 5) is 79.9. The number of carboxylic acids is 2. The maximum atomic E-state index is 15.4. The quantitative estimate of drug-likeness (QED) is 0.259. The lowest BCUT2D eigenvalue weighted by Crippen LogP contribution is -2.71. The lowest BCUT2D eigenvalue weighted by Gasteiger charge is -2.43. The number of amides is 3. The van der Waals surface area contributed by atoms with E-state index in [1.807, 2.05) is 0 Å². The fourth-order valence-electron chi connectivity index (χ4n) is 6.86. The summed E-state index contributed by atoms with van der Waals surface area (Å²) in [5.41, 5.74) is -0.518. The number of aromatic nitrogens is 1. The Labute approximate surface area is 293 Å². The predicted molar refractivity (Wildman–Crippen MR) is 180 cm³/mol. The average molecular weight is 724 g/mol. The molecule has 51 heavy (non-hydrogen) atoms. The summed E-state index contributed by atoms with van der Waals surface area (Å²) >= 11 is 1.13. The molecule has 1 aliphatic carbocycles. The zero-order valence-electron chi connectivity index (χ0n) is 27.3. The summed E-state index contributed by atoms with van der Waals surface area (Å²) in [5.74, 6) is -3.96. The molecular formula is C34H34FN5O10S. The third kappa shape index (κ3) is 6.30. The number of nitrogens with one attached hydrogen (secondary N) is 1. The van der Waals surface area contributed by atoms with E-state index in [9.17, 15) is 39.0 Å². The van der Waals surface area contributed by atoms with Crippen molar-refractivity contribution in [2.45, 2.75) is 48.0 Å². The molecule has 0 bridgehead atoms. The molecule has 0 radical (unpaired) electrons. The van der Waals surface area contributed by atoms with Crippen LogP contribution in [-0.4, -0.2) is 116 Å². The third-order valence-electron chi connectivity index (χ3n) is 9.62. The number of ether oxygens (including phenoxy) is 2. The molecule has 1 saturated carbocycles. The Bertz CT molecular complexity index is 2000. The highest BCUT2D eigenvalue weighted by Gasteiger charge is 2.66. The van der Waals surface area contributed by atoms with Crippen molar-refractivity contribution in [2.75, 3.05) is 44.3 Å². The number of hydrogen-bond acceptors (Lipinski definition) is 10. The van der Waals surface area contributed by atoms with Crippen LogP contribution in [0.3, 0.4) is 0 Å². The Morgan fingerprint density at radius 2 is 1.75 bits per heavy atom. The zero-order chi connectivity index (χ0) is 36.2. The summed E-state index contributed by atoms with van der Waals surface area (Å²) in [5, 5.41) is 21.5. The molecule has 1 aromatic heterocycles. The number of para-hydroxylation sites is 1. The minimum Gasteiger partial charge on any atom is -0.484 e. The highest BCUT2D eigenvalue weighted by Crippen LogP contribution is 2.51. The van der Waals surface area contributed by atoms with Gasteiger partial charge in [0.15, 0.2) is 6.61 Å². The Kier molecular flexibility index (Phi) is 8.77. The van der Waals surface area contributed by atoms with Gasteiger partial charge in [0.1, 0.15) is 41.2 Å². The molecule has 268 valence electrons. The van der Waals surface area contributed by atoms with Crippen LogP contribution in [0.1, 0.15) is 36.2 Å². The number of pyridine rings is 1. The Morgan fingerprint density at radius 1 is 1.04 bits per heavy atom. The van der Waals surface area contributed by atoms with Gasteiger partial charge in [-0.1, -0.05) is 18.2 Å². The van der Waals surface area contributed by atoms with E-state index < -0.39 is 68.9 Å². The number of aromatic carboxylic acids is 1. The molecule has 3 saturated heterocycles. The van der Waals surface area contributed by atoms with Crippen LogP contribution < -0.4 is 20.4 Å². The lowest BCUT2D eigenvalue weighted by atomic mass is 9.95. The van der Waals surface area contributed by atoms with Crippen LogP contribution in [0.15, 0.2) is 53.5 Å². The van der Waals surface area contributed by atoms with Gasteiger partial charge >= 0.3 is 18.0 Å². The van der Waals surface area contributed by atoms with Gasteiger partial charge in [-0.25, -0.2) is 18.8 Å². The van der Waals surface area contributed by atoms with Gasteiger partial charge in [0.25, 0.3) is 5.91 Å². The van der Waals surface area contributed by atoms with Crippen molar-refractivity contribution < 1.29 is 48.0 Å². The second kappa shape index (κ2) is 13.1. The second-order valence-electron chi connectivity index (χ2n) is 13.1. The van der Waals surface area contributed by atoms with Crippen LogP contribution in [0.4, 0.5) is 14.9 Å². The monoisotopic (exact) mass is 723 g/mol. The van der Waals surface area contributed by atoms with Crippen LogP contribution in [0, 0.1) is 5.82 Å². The number of β-lactam (4-membered cyclic amide) rings is 1. The van der Waals surface area contributed by atoms with Gasteiger partial charge in [0.2, 0.25) is 11.3 Å². The third-order valence-corrected chi connectivity index (χ3v) is 11.2. The number of fused-ring (bicyclic) bond motifs is 2. The molecule has 0 spiro atoms. The molecule has 3 N–H and O–H groups in total. The van der Waals surface area contributed by atoms with Gasteiger partial charge in [0, 0.05) is 43.8 Å². The molecule has 4 atom stereocenters. The number of nitrogens with zero attached hydrogens (tertiary/aromatic N) is 4. The Balaban J connectivity index is 0.970. The minimum absolute atomic E-state index is 0.0135. The Hall–Kier alpha value is -5.32. The second-order valence-corrected chi connectivity index (χ2v) is 14.8. The SMILES string of the molecule is CC1(COC(=O)N2CCN(c3cc4c(cc3F)c(=O)c(C(=O)O)cn4C3CC3)CC2)S[C@@H]2[C@H](NC(=O)COc3ccccc3)C(=O)N2[C@H]1C(=O)O. The number of carbonyl (C=O) groups excluding carboxylic acids is 3. The Morgan fingerprint density at radius 3 is 2.39 bits per heavy atom. The summed E-state index contributed by atoms with van der Waals surface area (Å²) in [6, 6.07) is 9.01. The molecule has 15 nitrogen and oxygen atoms in total. The number of hydrogen-bond donors (Lipinski definition) is 3. The fraction of sp³-hybridized carbons (Fsp3) is 0.412. The molecule has 3 aromatic rings. The van der Waals surface area contributed by atoms with Crippen molar-refractivity contribution in [2.24, 2.45) is 0 Å². The number of carbonyl (C=O) groups is 5. The molecule has 4 heterocycles. The molecular weight excluding hydrogens is 689 g/mol. The first-order valence-electron chi connectivity index (χ1n) is 16.3. The highest BCUT2D eigenvalue weighted by atomic mass is 32.2. The first-order chi connectivity index (χ1) is 24.4. The summed E-state index contributed by atoms with van der Waals surface area (Å²) in [7, 11) is 0. The van der Waals surface area contributed by atoms with E-state index in [1.54, 1.807) is 52.8 Å². The van der Waals surface area contributed by atoms with Crippen molar-refractivity contribution in [3.63, 3.8) is 0 Å². The molecule has 17 heteroatoms. The summed E-state index contributed by atoms with van der Waals surface area (Å²) in [6.07, 6.45) is 2.24. The van der Waals surface area contributed by atoms with Gasteiger partial charge in [-0.15, -0.1) is 11.8 Å². The summed E-state index contributed by atoms with van der Waals surface area (Å²) in [6.45, 7) is 1.68. The van der Waals surface area contributed by atoms with Crippen LogP contribution in [0.5, 0.6) is 5.75 Å². The van der Waals surface area contributed by atoms with Crippen LogP contribution in [-0.2, 0) is 19.1 Å². The van der Waals surface area contributed by atoms with Gasteiger partial charge in [-0.2, -0.15) is 0 Å². The number of benzene rings is 2. The highest BCUT2D eigenvalue weighted by molar-refractivity contribution is 8.01. The smallest absolute Gasteiger partial charge is 0.409 e. The maximum Gasteiger partial charge on any atom is 0.409 e. The lowest BCUT2D eigenvalue weighted by molar-refractivity contribution is -0.161. The van der Waals surface area contributed by atoms with Gasteiger partial charge in [0.05, 0.1) is 16.0 Å². The van der Waals surface area contributed by atoms with Gasteiger partial charge < -0.3 is 44.3 Å².